The van der Waals surface area contributed by atoms with Gasteiger partial charge >= 0.3 is 0 Å². The van der Waals surface area contributed by atoms with Crippen LogP contribution in [0.2, 0.25) is 0 Å². The van der Waals surface area contributed by atoms with Crippen LogP contribution < -0.4 is 10.2 Å². The van der Waals surface area contributed by atoms with E-state index in [1.54, 1.807) is 6.33 Å². The monoisotopic (exact) mass is 305 g/mol. The molecule has 0 spiro atoms. The lowest BCUT2D eigenvalue weighted by atomic mass is 9.88. The molecule has 1 aliphatic carbocycles. The molecule has 114 valence electrons. The Morgan fingerprint density at radius 2 is 2.24 bits per heavy atom. The molecule has 0 saturated carbocycles. The highest BCUT2D eigenvalue weighted by atomic mass is 32.1. The highest BCUT2D eigenvalue weighted by Gasteiger charge is 2.22. The summed E-state index contributed by atoms with van der Waals surface area (Å²) in [6.45, 7) is 4.51. The normalized spacial score (nSPS) is 18.2. The van der Waals surface area contributed by atoms with Crippen LogP contribution in [0.25, 0.3) is 10.2 Å². The molecule has 2 aromatic rings. The second kappa shape index (κ2) is 6.28. The molecule has 1 aliphatic rings. The van der Waals surface area contributed by atoms with Gasteiger partial charge in [-0.25, -0.2) is 9.97 Å². The maximum absolute atomic E-state index is 4.51. The third-order valence-electron chi connectivity index (χ3n) is 4.23. The van der Waals surface area contributed by atoms with E-state index < -0.39 is 0 Å². The molecule has 4 nitrogen and oxygen atoms in total. The fourth-order valence-electron chi connectivity index (χ4n) is 3.07. The van der Waals surface area contributed by atoms with Crippen molar-refractivity contribution in [1.29, 1.82) is 0 Å². The number of aryl methyl sites for hydroxylation is 1. The number of hydrogen-bond acceptors (Lipinski definition) is 4. The van der Waals surface area contributed by atoms with Gasteiger partial charge in [-0.05, 0) is 30.7 Å². The largest absolute Gasteiger partial charge is 0.369 e. The first-order valence-electron chi connectivity index (χ1n) is 7.93. The summed E-state index contributed by atoms with van der Waals surface area (Å²) in [4.78, 5) is 13.2. The van der Waals surface area contributed by atoms with Crippen LogP contribution in [0.5, 0.6) is 0 Å². The van der Waals surface area contributed by atoms with Crippen molar-refractivity contribution >= 4 is 27.4 Å². The summed E-state index contributed by atoms with van der Waals surface area (Å²) < 4.78 is 0. The number of quaternary nitrogens is 1. The predicted molar refractivity (Wildman–Crippen MR) is 89.4 cm³/mol. The lowest BCUT2D eigenvalue weighted by Crippen LogP contribution is -3.05. The molecule has 5 heteroatoms. The van der Waals surface area contributed by atoms with Crippen molar-refractivity contribution in [2.75, 3.05) is 32.5 Å². The first kappa shape index (κ1) is 14.7. The van der Waals surface area contributed by atoms with Gasteiger partial charge in [0, 0.05) is 17.8 Å². The fourth-order valence-corrected chi connectivity index (χ4v) is 4.25. The molecule has 0 radical (unpaired) electrons. The molecule has 2 N–H and O–H groups in total. The number of thiophene rings is 1. The molecule has 1 atom stereocenters. The number of hydrogen-bond donors (Lipinski definition) is 2. The Morgan fingerprint density at radius 3 is 3.05 bits per heavy atom. The number of fused-ring (bicyclic) bond motifs is 3. The van der Waals surface area contributed by atoms with Crippen LogP contribution in [-0.2, 0) is 12.8 Å². The summed E-state index contributed by atoms with van der Waals surface area (Å²) in [5.74, 6) is 1.82. The van der Waals surface area contributed by atoms with E-state index in [2.05, 4.69) is 36.3 Å². The highest BCUT2D eigenvalue weighted by molar-refractivity contribution is 7.19. The van der Waals surface area contributed by atoms with Gasteiger partial charge in [0.1, 0.15) is 17.0 Å². The Balaban J connectivity index is 1.83. The minimum atomic E-state index is 0.778. The second-order valence-corrected chi connectivity index (χ2v) is 7.58. The molecule has 0 unspecified atom stereocenters. The third-order valence-corrected chi connectivity index (χ3v) is 5.43. The van der Waals surface area contributed by atoms with E-state index in [1.807, 2.05) is 11.3 Å². The van der Waals surface area contributed by atoms with E-state index in [1.165, 1.54) is 46.5 Å². The number of aromatic nitrogens is 2. The fraction of sp³-hybridized carbons (Fsp3) is 0.625. The molecule has 0 fully saturated rings. The zero-order valence-electron chi connectivity index (χ0n) is 13.2. The Hall–Kier alpha value is -1.20. The SMILES string of the molecule is C[C@H]1CCc2sc3ncnc(NCCC[NH+](C)C)c3c2C1. The van der Waals surface area contributed by atoms with Crippen molar-refractivity contribution in [2.45, 2.75) is 32.6 Å². The minimum Gasteiger partial charge on any atom is -0.369 e. The topological polar surface area (TPSA) is 42.2 Å². The Morgan fingerprint density at radius 1 is 1.38 bits per heavy atom. The zero-order chi connectivity index (χ0) is 14.8. The molecule has 21 heavy (non-hydrogen) atoms. The van der Waals surface area contributed by atoms with E-state index in [0.717, 1.165) is 29.5 Å². The van der Waals surface area contributed by atoms with E-state index in [9.17, 15) is 0 Å². The highest BCUT2D eigenvalue weighted by Crippen LogP contribution is 2.39. The molecule has 3 rings (SSSR count). The van der Waals surface area contributed by atoms with Crippen LogP contribution in [0.15, 0.2) is 6.33 Å². The Labute approximate surface area is 130 Å². The second-order valence-electron chi connectivity index (χ2n) is 6.49. The zero-order valence-corrected chi connectivity index (χ0v) is 14.0. The van der Waals surface area contributed by atoms with Crippen molar-refractivity contribution in [1.82, 2.24) is 9.97 Å². The Bertz CT molecular complexity index is 620. The lowest BCUT2D eigenvalue weighted by molar-refractivity contribution is -0.858. The van der Waals surface area contributed by atoms with Gasteiger partial charge in [0.05, 0.1) is 26.0 Å². The van der Waals surface area contributed by atoms with Gasteiger partial charge in [-0.2, -0.15) is 0 Å². The minimum absolute atomic E-state index is 0.778. The number of nitrogens with one attached hydrogen (secondary N) is 2. The van der Waals surface area contributed by atoms with Crippen LogP contribution in [0.1, 0.15) is 30.2 Å². The van der Waals surface area contributed by atoms with Crippen molar-refractivity contribution in [3.05, 3.63) is 16.8 Å². The number of rotatable bonds is 5. The van der Waals surface area contributed by atoms with Crippen molar-refractivity contribution in [3.63, 3.8) is 0 Å². The van der Waals surface area contributed by atoms with Crippen LogP contribution in [-0.4, -0.2) is 37.2 Å². The van der Waals surface area contributed by atoms with Gasteiger partial charge < -0.3 is 10.2 Å². The third kappa shape index (κ3) is 3.19. The average Bonchev–Trinajstić information content (AvgIpc) is 2.82. The molecule has 0 bridgehead atoms. The average molecular weight is 305 g/mol. The molecule has 0 aliphatic heterocycles. The maximum Gasteiger partial charge on any atom is 0.138 e. The van der Waals surface area contributed by atoms with Gasteiger partial charge in [-0.1, -0.05) is 6.92 Å². The van der Waals surface area contributed by atoms with Crippen LogP contribution in [0.4, 0.5) is 5.82 Å². The molecular weight excluding hydrogens is 280 g/mol. The van der Waals surface area contributed by atoms with Gasteiger partial charge in [-0.3, -0.25) is 0 Å². The molecule has 0 amide bonds. The summed E-state index contributed by atoms with van der Waals surface area (Å²) in [5, 5.41) is 4.83. The van der Waals surface area contributed by atoms with Gasteiger partial charge in [0.25, 0.3) is 0 Å². The molecule has 0 saturated heterocycles. The summed E-state index contributed by atoms with van der Waals surface area (Å²) >= 11 is 1.86. The summed E-state index contributed by atoms with van der Waals surface area (Å²) in [5.41, 5.74) is 1.51. The molecular formula is C16H25N4S+. The molecule has 2 aromatic heterocycles. The number of anilines is 1. The van der Waals surface area contributed by atoms with E-state index in [-0.39, 0.29) is 0 Å². The molecule has 0 aromatic carbocycles. The summed E-state index contributed by atoms with van der Waals surface area (Å²) in [6.07, 6.45) is 6.56. The molecule has 2 heterocycles. The van der Waals surface area contributed by atoms with Crippen molar-refractivity contribution in [3.8, 4) is 0 Å². The first-order valence-corrected chi connectivity index (χ1v) is 8.75. The Kier molecular flexibility index (Phi) is 4.40. The van der Waals surface area contributed by atoms with Crippen LogP contribution in [0, 0.1) is 5.92 Å². The number of nitrogens with zero attached hydrogens (tertiary/aromatic N) is 2. The van der Waals surface area contributed by atoms with Gasteiger partial charge in [-0.15, -0.1) is 11.3 Å². The quantitative estimate of drug-likeness (QED) is 0.827. The first-order chi connectivity index (χ1) is 10.1. The maximum atomic E-state index is 4.51. The van der Waals surface area contributed by atoms with Crippen molar-refractivity contribution in [2.24, 2.45) is 5.92 Å². The van der Waals surface area contributed by atoms with E-state index >= 15 is 0 Å². The van der Waals surface area contributed by atoms with E-state index in [0.29, 0.717) is 0 Å². The summed E-state index contributed by atoms with van der Waals surface area (Å²) in [6, 6.07) is 0. The van der Waals surface area contributed by atoms with Gasteiger partial charge in [0.15, 0.2) is 0 Å². The van der Waals surface area contributed by atoms with Gasteiger partial charge in [0.2, 0.25) is 0 Å². The van der Waals surface area contributed by atoms with Crippen molar-refractivity contribution < 1.29 is 4.90 Å². The van der Waals surface area contributed by atoms with Crippen LogP contribution >= 0.6 is 11.3 Å². The standard InChI is InChI=1S/C16H24N4S/c1-11-5-6-13-12(9-11)14-15(17-7-4-8-20(2)3)18-10-19-16(14)21-13/h10-11H,4-9H2,1-3H3,(H,17,18,19)/p+1/t11-/m0/s1. The predicted octanol–water partition coefficient (Wildman–Crippen LogP) is 1.76. The van der Waals surface area contributed by atoms with Crippen LogP contribution in [0.3, 0.4) is 0 Å². The summed E-state index contributed by atoms with van der Waals surface area (Å²) in [7, 11) is 4.39. The smallest absolute Gasteiger partial charge is 0.138 e. The van der Waals surface area contributed by atoms with E-state index in [4.69, 9.17) is 0 Å². The lowest BCUT2D eigenvalue weighted by Gasteiger charge is -2.18.